The monoisotopic (exact) mass is 469 g/mol. The van der Waals surface area contributed by atoms with Gasteiger partial charge in [0.1, 0.15) is 11.3 Å². The van der Waals surface area contributed by atoms with Gasteiger partial charge in [0.15, 0.2) is 0 Å². The number of nitrogens with two attached hydrogens (primary N) is 1. The van der Waals surface area contributed by atoms with E-state index in [2.05, 4.69) is 55.1 Å². The fraction of sp³-hybridized carbons (Fsp3) is 0.250. The number of amides is 2. The van der Waals surface area contributed by atoms with Crippen molar-refractivity contribution in [3.8, 4) is 11.1 Å². The summed E-state index contributed by atoms with van der Waals surface area (Å²) in [5, 5.41) is 3.85. The summed E-state index contributed by atoms with van der Waals surface area (Å²) in [5.41, 5.74) is 12.0. The van der Waals surface area contributed by atoms with Gasteiger partial charge >= 0.3 is 6.03 Å². The average molecular weight is 470 g/mol. The van der Waals surface area contributed by atoms with Gasteiger partial charge in [0, 0.05) is 30.0 Å². The molecule has 0 unspecified atom stereocenters. The molecule has 0 saturated heterocycles. The number of anilines is 3. The predicted octanol–water partition coefficient (Wildman–Crippen LogP) is 6.09. The van der Waals surface area contributed by atoms with Gasteiger partial charge in [-0.25, -0.2) is 9.78 Å². The number of fused-ring (bicyclic) bond motifs is 1. The van der Waals surface area contributed by atoms with E-state index in [1.54, 1.807) is 25.4 Å². The Kier molecular flexibility index (Phi) is 6.60. The lowest BCUT2D eigenvalue weighted by atomic mass is 9.88. The summed E-state index contributed by atoms with van der Waals surface area (Å²) in [6.07, 6.45) is 1.61. The van der Waals surface area contributed by atoms with Gasteiger partial charge in [-0.1, -0.05) is 39.8 Å². The summed E-state index contributed by atoms with van der Waals surface area (Å²) < 4.78 is 0. The van der Waals surface area contributed by atoms with Crippen LogP contribution in [0.4, 0.5) is 21.9 Å². The number of benzene rings is 2. The van der Waals surface area contributed by atoms with Crippen molar-refractivity contribution in [1.29, 1.82) is 0 Å². The zero-order valence-corrected chi connectivity index (χ0v) is 20.7. The first-order chi connectivity index (χ1) is 16.7. The molecule has 2 aromatic heterocycles. The van der Waals surface area contributed by atoms with Crippen LogP contribution in [0.2, 0.25) is 0 Å². The SMILES string of the molecule is CC(C)c1cc(-c2cccc(N)c2)cc(C(C)C)c1NC(=O)N(C)c1cc2cccnc2[nH]c1=O. The Balaban J connectivity index is 1.75. The van der Waals surface area contributed by atoms with Crippen LogP contribution in [0.15, 0.2) is 65.6 Å². The minimum absolute atomic E-state index is 0.157. The molecule has 0 aliphatic rings. The highest BCUT2D eigenvalue weighted by Crippen LogP contribution is 2.37. The lowest BCUT2D eigenvalue weighted by Gasteiger charge is -2.25. The topological polar surface area (TPSA) is 104 Å². The van der Waals surface area contributed by atoms with Crippen LogP contribution in [-0.4, -0.2) is 23.0 Å². The highest BCUT2D eigenvalue weighted by molar-refractivity contribution is 6.03. The van der Waals surface area contributed by atoms with E-state index in [4.69, 9.17) is 5.73 Å². The molecule has 0 radical (unpaired) electrons. The molecule has 0 fully saturated rings. The van der Waals surface area contributed by atoms with Crippen LogP contribution in [0.5, 0.6) is 0 Å². The Hall–Kier alpha value is -4.13. The number of urea groups is 1. The molecular weight excluding hydrogens is 438 g/mol. The molecule has 0 bridgehead atoms. The normalized spacial score (nSPS) is 11.3. The number of hydrogen-bond acceptors (Lipinski definition) is 4. The third-order valence-corrected chi connectivity index (χ3v) is 6.16. The second-order valence-electron chi connectivity index (χ2n) is 9.38. The van der Waals surface area contributed by atoms with E-state index in [1.165, 1.54) is 4.90 Å². The molecule has 180 valence electrons. The molecule has 7 heteroatoms. The van der Waals surface area contributed by atoms with Gasteiger partial charge in [0.05, 0.1) is 0 Å². The summed E-state index contributed by atoms with van der Waals surface area (Å²) in [7, 11) is 1.59. The van der Waals surface area contributed by atoms with Gasteiger partial charge in [-0.2, -0.15) is 0 Å². The standard InChI is InChI=1S/C28H31N5O2/c1-16(2)22-13-20(18-8-6-10-21(29)12-18)14-23(17(3)4)25(22)31-28(35)33(5)24-15-19-9-7-11-30-26(19)32-27(24)34/h6-17H,29H2,1-5H3,(H,31,35)(H,30,32,34). The van der Waals surface area contributed by atoms with Gasteiger partial charge in [0.25, 0.3) is 5.56 Å². The number of rotatable bonds is 5. The first-order valence-corrected chi connectivity index (χ1v) is 11.7. The lowest BCUT2D eigenvalue weighted by molar-refractivity contribution is 0.258. The second kappa shape index (κ2) is 9.62. The van der Waals surface area contributed by atoms with Gasteiger partial charge in [0.2, 0.25) is 0 Å². The highest BCUT2D eigenvalue weighted by atomic mass is 16.2. The van der Waals surface area contributed by atoms with Crippen LogP contribution in [-0.2, 0) is 0 Å². The Bertz CT molecular complexity index is 1430. The zero-order chi connectivity index (χ0) is 25.3. The first kappa shape index (κ1) is 24.0. The maximum Gasteiger partial charge on any atom is 0.326 e. The third-order valence-electron chi connectivity index (χ3n) is 6.16. The zero-order valence-electron chi connectivity index (χ0n) is 20.7. The fourth-order valence-electron chi connectivity index (χ4n) is 4.20. The molecule has 35 heavy (non-hydrogen) atoms. The van der Waals surface area contributed by atoms with E-state index in [0.29, 0.717) is 11.3 Å². The molecule has 2 aromatic carbocycles. The maximum absolute atomic E-state index is 13.4. The van der Waals surface area contributed by atoms with Crippen LogP contribution in [0.25, 0.3) is 22.2 Å². The molecule has 2 amide bonds. The summed E-state index contributed by atoms with van der Waals surface area (Å²) in [6, 6.07) is 16.9. The van der Waals surface area contributed by atoms with Gasteiger partial charge < -0.3 is 16.0 Å². The number of nitrogens with one attached hydrogen (secondary N) is 2. The van der Waals surface area contributed by atoms with E-state index in [-0.39, 0.29) is 29.1 Å². The molecule has 0 saturated carbocycles. The molecule has 0 spiro atoms. The molecule has 0 aliphatic carbocycles. The van der Waals surface area contributed by atoms with Crippen molar-refractivity contribution in [2.75, 3.05) is 23.0 Å². The Morgan fingerprint density at radius 3 is 2.29 bits per heavy atom. The van der Waals surface area contributed by atoms with Crippen molar-refractivity contribution in [3.63, 3.8) is 0 Å². The molecule has 2 heterocycles. The summed E-state index contributed by atoms with van der Waals surface area (Å²) in [4.78, 5) is 34.3. The Morgan fingerprint density at radius 1 is 0.971 bits per heavy atom. The molecular formula is C28H31N5O2. The van der Waals surface area contributed by atoms with E-state index in [9.17, 15) is 9.59 Å². The summed E-state index contributed by atoms with van der Waals surface area (Å²) in [5.74, 6) is 0.313. The Labute approximate surface area is 205 Å². The smallest absolute Gasteiger partial charge is 0.326 e. The van der Waals surface area contributed by atoms with Crippen molar-refractivity contribution in [2.24, 2.45) is 0 Å². The minimum atomic E-state index is -0.390. The predicted molar refractivity (Wildman–Crippen MR) is 144 cm³/mol. The number of aromatic nitrogens is 2. The number of nitrogens with zero attached hydrogens (tertiary/aromatic N) is 2. The summed E-state index contributed by atoms with van der Waals surface area (Å²) >= 11 is 0. The lowest BCUT2D eigenvalue weighted by Crippen LogP contribution is -2.35. The molecule has 0 atom stereocenters. The molecule has 7 nitrogen and oxygen atoms in total. The van der Waals surface area contributed by atoms with Crippen LogP contribution < -0.4 is 21.5 Å². The van der Waals surface area contributed by atoms with Crippen molar-refractivity contribution in [3.05, 3.63) is 82.3 Å². The van der Waals surface area contributed by atoms with Gasteiger partial charge in [-0.15, -0.1) is 0 Å². The number of aromatic amines is 1. The van der Waals surface area contributed by atoms with Crippen molar-refractivity contribution >= 4 is 34.1 Å². The third kappa shape index (κ3) is 4.89. The number of pyridine rings is 2. The molecule has 4 N–H and O–H groups in total. The number of hydrogen-bond donors (Lipinski definition) is 3. The Morgan fingerprint density at radius 2 is 1.66 bits per heavy atom. The quantitative estimate of drug-likeness (QED) is 0.308. The second-order valence-corrected chi connectivity index (χ2v) is 9.38. The largest absolute Gasteiger partial charge is 0.399 e. The number of nitrogen functional groups attached to an aromatic ring is 1. The van der Waals surface area contributed by atoms with Crippen LogP contribution >= 0.6 is 0 Å². The van der Waals surface area contributed by atoms with E-state index >= 15 is 0 Å². The first-order valence-electron chi connectivity index (χ1n) is 11.7. The van der Waals surface area contributed by atoms with Crippen molar-refractivity contribution in [2.45, 2.75) is 39.5 Å². The number of carbonyl (C=O) groups is 1. The van der Waals surface area contributed by atoms with Crippen LogP contribution in [0, 0.1) is 0 Å². The number of H-pyrrole nitrogens is 1. The van der Waals surface area contributed by atoms with E-state index in [0.717, 1.165) is 33.3 Å². The van der Waals surface area contributed by atoms with Crippen molar-refractivity contribution in [1.82, 2.24) is 9.97 Å². The average Bonchev–Trinajstić information content (AvgIpc) is 2.82. The van der Waals surface area contributed by atoms with Crippen LogP contribution in [0.3, 0.4) is 0 Å². The van der Waals surface area contributed by atoms with Gasteiger partial charge in [-0.05, 0) is 76.6 Å². The molecule has 4 aromatic rings. The maximum atomic E-state index is 13.4. The minimum Gasteiger partial charge on any atom is -0.399 e. The van der Waals surface area contributed by atoms with Crippen molar-refractivity contribution < 1.29 is 4.79 Å². The van der Waals surface area contributed by atoms with E-state index < -0.39 is 0 Å². The van der Waals surface area contributed by atoms with Crippen LogP contribution in [0.1, 0.15) is 50.7 Å². The highest BCUT2D eigenvalue weighted by Gasteiger charge is 2.22. The van der Waals surface area contributed by atoms with E-state index in [1.807, 2.05) is 30.3 Å². The summed E-state index contributed by atoms with van der Waals surface area (Å²) in [6.45, 7) is 8.40. The van der Waals surface area contributed by atoms with Gasteiger partial charge in [-0.3, -0.25) is 9.69 Å². The molecule has 4 rings (SSSR count). The fourth-order valence-corrected chi connectivity index (χ4v) is 4.20. The number of carbonyl (C=O) groups excluding carboxylic acids is 1. The molecule has 0 aliphatic heterocycles.